The minimum Gasteiger partial charge on any atom is -0.344 e. The molecular weight excluding hydrogens is 350 g/mol. The maximum absolute atomic E-state index is 2.50. The summed E-state index contributed by atoms with van der Waals surface area (Å²) < 4.78 is 2.50. The highest BCUT2D eigenvalue weighted by Crippen LogP contribution is 2.49. The molecule has 1 aromatic heterocycles. The van der Waals surface area contributed by atoms with E-state index in [0.29, 0.717) is 0 Å². The second-order valence-corrected chi connectivity index (χ2v) is 9.08. The highest BCUT2D eigenvalue weighted by Gasteiger charge is 2.29. The highest BCUT2D eigenvalue weighted by molar-refractivity contribution is 6.20. The quantitative estimate of drug-likeness (QED) is 0.402. The fraction of sp³-hybridized carbons (Fsp3) is 0.286. The predicted octanol–water partition coefficient (Wildman–Crippen LogP) is 6.91. The molecule has 4 aliphatic carbocycles. The first kappa shape index (κ1) is 16.0. The van der Waals surface area contributed by atoms with Crippen LogP contribution in [-0.2, 0) is 26.3 Å². The molecule has 0 bridgehead atoms. The topological polar surface area (TPSA) is 4.93 Å². The van der Waals surface area contributed by atoms with Crippen LogP contribution in [0.4, 0.5) is 0 Å². The SMILES string of the molecule is Cn1c2c(c3c4c5c(ccc4c4c(c31)CCC=C4)CC1=C5C=CCC1)CCC=C2. The molecule has 3 aromatic rings. The van der Waals surface area contributed by atoms with Crippen molar-refractivity contribution in [2.75, 3.05) is 0 Å². The molecule has 4 aliphatic rings. The molecule has 0 N–H and O–H groups in total. The Morgan fingerprint density at radius 2 is 1.59 bits per heavy atom. The van der Waals surface area contributed by atoms with Crippen molar-refractivity contribution in [2.45, 2.75) is 44.9 Å². The molecule has 1 heterocycles. The van der Waals surface area contributed by atoms with Gasteiger partial charge in [0.05, 0.1) is 5.52 Å². The van der Waals surface area contributed by atoms with Gasteiger partial charge in [0.2, 0.25) is 0 Å². The van der Waals surface area contributed by atoms with Crippen LogP contribution in [0.3, 0.4) is 0 Å². The van der Waals surface area contributed by atoms with Crippen molar-refractivity contribution in [1.82, 2.24) is 4.57 Å². The first-order valence-electron chi connectivity index (χ1n) is 11.2. The Labute approximate surface area is 171 Å². The van der Waals surface area contributed by atoms with E-state index in [1.54, 1.807) is 33.2 Å². The van der Waals surface area contributed by atoms with Crippen LogP contribution >= 0.6 is 0 Å². The lowest BCUT2D eigenvalue weighted by molar-refractivity contribution is 0.896. The van der Waals surface area contributed by atoms with E-state index in [1.165, 1.54) is 46.0 Å². The molecule has 7 rings (SSSR count). The Morgan fingerprint density at radius 3 is 2.52 bits per heavy atom. The molecule has 0 aliphatic heterocycles. The van der Waals surface area contributed by atoms with E-state index in [4.69, 9.17) is 0 Å². The first-order chi connectivity index (χ1) is 14.3. The number of hydrogen-bond acceptors (Lipinski definition) is 0. The van der Waals surface area contributed by atoms with Gasteiger partial charge in [-0.3, -0.25) is 0 Å². The van der Waals surface area contributed by atoms with Gasteiger partial charge in [-0.25, -0.2) is 0 Å². The molecule has 0 spiro atoms. The van der Waals surface area contributed by atoms with Crippen LogP contribution in [0.2, 0.25) is 0 Å². The summed E-state index contributed by atoms with van der Waals surface area (Å²) in [7, 11) is 2.29. The average molecular weight is 376 g/mol. The Kier molecular flexibility index (Phi) is 3.12. The molecule has 1 nitrogen and oxygen atoms in total. The molecule has 2 aromatic carbocycles. The first-order valence-corrected chi connectivity index (χ1v) is 11.2. The molecule has 0 atom stereocenters. The lowest BCUT2D eigenvalue weighted by Gasteiger charge is -2.20. The number of fused-ring (bicyclic) bond motifs is 11. The van der Waals surface area contributed by atoms with Crippen molar-refractivity contribution >= 4 is 39.4 Å². The molecule has 0 fully saturated rings. The van der Waals surface area contributed by atoms with Gasteiger partial charge >= 0.3 is 0 Å². The number of benzene rings is 2. The maximum Gasteiger partial charge on any atom is 0.0530 e. The van der Waals surface area contributed by atoms with Crippen molar-refractivity contribution < 1.29 is 0 Å². The lowest BCUT2D eigenvalue weighted by Crippen LogP contribution is -2.02. The van der Waals surface area contributed by atoms with Crippen molar-refractivity contribution in [2.24, 2.45) is 7.05 Å². The third kappa shape index (κ3) is 1.96. The summed E-state index contributed by atoms with van der Waals surface area (Å²) in [5.41, 5.74) is 13.8. The van der Waals surface area contributed by atoms with Gasteiger partial charge in [-0.1, -0.05) is 48.1 Å². The summed E-state index contributed by atoms with van der Waals surface area (Å²) in [6, 6.07) is 4.86. The van der Waals surface area contributed by atoms with Crippen LogP contribution in [0.15, 0.2) is 42.0 Å². The van der Waals surface area contributed by atoms with Crippen molar-refractivity contribution in [3.63, 3.8) is 0 Å². The molecule has 0 amide bonds. The lowest BCUT2D eigenvalue weighted by atomic mass is 9.84. The van der Waals surface area contributed by atoms with Gasteiger partial charge in [0, 0.05) is 23.5 Å². The number of rotatable bonds is 0. The third-order valence-electron chi connectivity index (χ3n) is 7.62. The van der Waals surface area contributed by atoms with Gasteiger partial charge in [-0.05, 0) is 89.8 Å². The zero-order valence-corrected chi connectivity index (χ0v) is 17.0. The van der Waals surface area contributed by atoms with Gasteiger partial charge in [0.1, 0.15) is 0 Å². The molecule has 142 valence electrons. The van der Waals surface area contributed by atoms with Crippen LogP contribution in [0.5, 0.6) is 0 Å². The Bertz CT molecular complexity index is 1370. The van der Waals surface area contributed by atoms with E-state index < -0.39 is 0 Å². The van der Waals surface area contributed by atoms with Gasteiger partial charge in [0.15, 0.2) is 0 Å². The van der Waals surface area contributed by atoms with E-state index in [9.17, 15) is 0 Å². The summed E-state index contributed by atoms with van der Waals surface area (Å²) in [4.78, 5) is 0. The van der Waals surface area contributed by atoms with E-state index in [1.807, 2.05) is 0 Å². The van der Waals surface area contributed by atoms with Gasteiger partial charge in [-0.2, -0.15) is 0 Å². The number of aryl methyl sites for hydroxylation is 3. The third-order valence-corrected chi connectivity index (χ3v) is 7.62. The normalized spacial score (nSPS) is 19.1. The fourth-order valence-corrected chi connectivity index (χ4v) is 6.40. The summed E-state index contributed by atoms with van der Waals surface area (Å²) in [5, 5.41) is 4.56. The Balaban J connectivity index is 1.75. The van der Waals surface area contributed by atoms with Crippen molar-refractivity contribution in [3.8, 4) is 0 Å². The standard InChI is InChI=1S/C28H25N/c1-29-24-13-7-6-12-23(24)27-26-21(20-10-4-5-11-22(20)28(27)29)15-14-18-16-17-8-2-3-9-19(17)25(18)26/h3-4,7,9-10,13-15H,2,5-6,8,11-12,16H2,1H3. The number of aromatic nitrogens is 1. The van der Waals surface area contributed by atoms with Crippen molar-refractivity contribution in [3.05, 3.63) is 75.5 Å². The molecule has 29 heavy (non-hydrogen) atoms. The van der Waals surface area contributed by atoms with E-state index in [-0.39, 0.29) is 0 Å². The number of nitrogens with zero attached hydrogens (tertiary/aromatic N) is 1. The van der Waals surface area contributed by atoms with Crippen LogP contribution in [-0.4, -0.2) is 4.57 Å². The van der Waals surface area contributed by atoms with E-state index in [0.717, 1.165) is 32.1 Å². The summed E-state index contributed by atoms with van der Waals surface area (Å²) in [6.45, 7) is 0. The summed E-state index contributed by atoms with van der Waals surface area (Å²) in [6.07, 6.45) is 22.5. The Hall–Kier alpha value is -2.80. The van der Waals surface area contributed by atoms with Crippen LogP contribution in [0.1, 0.15) is 59.2 Å². The Morgan fingerprint density at radius 1 is 0.793 bits per heavy atom. The average Bonchev–Trinajstić information content (AvgIpc) is 3.30. The van der Waals surface area contributed by atoms with Crippen LogP contribution < -0.4 is 0 Å². The largest absolute Gasteiger partial charge is 0.344 e. The van der Waals surface area contributed by atoms with Crippen LogP contribution in [0.25, 0.3) is 39.4 Å². The van der Waals surface area contributed by atoms with E-state index in [2.05, 4.69) is 60.2 Å². The van der Waals surface area contributed by atoms with Crippen LogP contribution in [0, 0.1) is 0 Å². The number of hydrogen-bond donors (Lipinski definition) is 0. The molecule has 1 heteroatoms. The fourth-order valence-electron chi connectivity index (χ4n) is 6.40. The second-order valence-electron chi connectivity index (χ2n) is 9.08. The minimum absolute atomic E-state index is 1.15. The monoisotopic (exact) mass is 375 g/mol. The predicted molar refractivity (Wildman–Crippen MR) is 124 cm³/mol. The van der Waals surface area contributed by atoms with Gasteiger partial charge < -0.3 is 4.57 Å². The highest BCUT2D eigenvalue weighted by atomic mass is 15.0. The second kappa shape index (κ2) is 5.63. The van der Waals surface area contributed by atoms with Gasteiger partial charge in [0.25, 0.3) is 0 Å². The molecule has 0 radical (unpaired) electrons. The summed E-state index contributed by atoms with van der Waals surface area (Å²) in [5.74, 6) is 0. The van der Waals surface area contributed by atoms with Crippen molar-refractivity contribution in [1.29, 1.82) is 0 Å². The molecule has 0 saturated carbocycles. The summed E-state index contributed by atoms with van der Waals surface area (Å²) >= 11 is 0. The molecular formula is C28H25N. The minimum atomic E-state index is 1.15. The smallest absolute Gasteiger partial charge is 0.0530 e. The zero-order chi connectivity index (χ0) is 19.1. The zero-order valence-electron chi connectivity index (χ0n) is 17.0. The number of allylic oxidation sites excluding steroid dienone is 6. The maximum atomic E-state index is 2.50. The molecule has 0 unspecified atom stereocenters. The van der Waals surface area contributed by atoms with E-state index >= 15 is 0 Å². The van der Waals surface area contributed by atoms with Gasteiger partial charge in [-0.15, -0.1) is 0 Å². The molecule has 0 saturated heterocycles.